The highest BCUT2D eigenvalue weighted by molar-refractivity contribution is 6.05. The zero-order valence-electron chi connectivity index (χ0n) is 16.7. The number of halogens is 3. The molecule has 0 bridgehead atoms. The molecule has 6 nitrogen and oxygen atoms in total. The number of carbonyl (C=O) groups excluding carboxylic acids is 2. The van der Waals surface area contributed by atoms with Crippen molar-refractivity contribution in [3.05, 3.63) is 59.2 Å². The van der Waals surface area contributed by atoms with Crippen LogP contribution in [0, 0.1) is 0 Å². The van der Waals surface area contributed by atoms with E-state index in [-0.39, 0.29) is 18.4 Å². The number of nitrogens with one attached hydrogen (secondary N) is 2. The monoisotopic (exact) mass is 431 g/mol. The van der Waals surface area contributed by atoms with E-state index < -0.39 is 17.6 Å². The lowest BCUT2D eigenvalue weighted by Crippen LogP contribution is -2.35. The quantitative estimate of drug-likeness (QED) is 0.666. The first-order valence-electron chi connectivity index (χ1n) is 9.72. The van der Waals surface area contributed by atoms with Gasteiger partial charge in [-0.3, -0.25) is 4.79 Å². The molecule has 31 heavy (non-hydrogen) atoms. The Hall–Kier alpha value is -3.49. The second-order valence-electron chi connectivity index (χ2n) is 7.48. The van der Waals surface area contributed by atoms with Gasteiger partial charge in [0.15, 0.2) is 0 Å². The maximum Gasteiger partial charge on any atom is 0.416 e. The first-order chi connectivity index (χ1) is 14.7. The lowest BCUT2D eigenvalue weighted by molar-refractivity contribution is -0.137. The highest BCUT2D eigenvalue weighted by Gasteiger charge is 2.32. The third-order valence-corrected chi connectivity index (χ3v) is 5.18. The Bertz CT molecular complexity index is 1080. The van der Waals surface area contributed by atoms with Crippen LogP contribution in [0.15, 0.2) is 42.5 Å². The summed E-state index contributed by atoms with van der Waals surface area (Å²) in [6.07, 6.45) is -2.01. The molecule has 0 radical (unpaired) electrons. The molecule has 0 fully saturated rings. The summed E-state index contributed by atoms with van der Waals surface area (Å²) in [5.74, 6) is -0.297. The predicted molar refractivity (Wildman–Crippen MR) is 110 cm³/mol. The van der Waals surface area contributed by atoms with Gasteiger partial charge in [-0.15, -0.1) is 0 Å². The number of alkyl halides is 3. The van der Waals surface area contributed by atoms with Crippen LogP contribution in [0.5, 0.6) is 5.75 Å². The summed E-state index contributed by atoms with van der Waals surface area (Å²) < 4.78 is 44.5. The Balaban J connectivity index is 1.56. The smallest absolute Gasteiger partial charge is 0.416 e. The number of amides is 3. The molecule has 0 unspecified atom stereocenters. The van der Waals surface area contributed by atoms with Crippen molar-refractivity contribution in [1.29, 1.82) is 0 Å². The lowest BCUT2D eigenvalue weighted by atomic mass is 9.99. The van der Waals surface area contributed by atoms with Crippen LogP contribution >= 0.6 is 0 Å². The third kappa shape index (κ3) is 4.50. The maximum absolute atomic E-state index is 13.0. The molecule has 2 aromatic rings. The van der Waals surface area contributed by atoms with Gasteiger partial charge in [0, 0.05) is 36.6 Å². The number of anilines is 2. The van der Waals surface area contributed by atoms with E-state index in [0.29, 0.717) is 41.9 Å². The van der Waals surface area contributed by atoms with Crippen LogP contribution in [0.25, 0.3) is 5.57 Å². The second kappa shape index (κ2) is 7.98. The summed E-state index contributed by atoms with van der Waals surface area (Å²) in [6, 6.07) is 8.30. The second-order valence-corrected chi connectivity index (χ2v) is 7.48. The van der Waals surface area contributed by atoms with Crippen LogP contribution in [0.3, 0.4) is 0 Å². The molecule has 2 aliphatic heterocycles. The number of fused-ring (bicyclic) bond motifs is 2. The van der Waals surface area contributed by atoms with Crippen molar-refractivity contribution in [2.75, 3.05) is 24.3 Å². The summed E-state index contributed by atoms with van der Waals surface area (Å²) in [5.41, 5.74) is 2.34. The van der Waals surface area contributed by atoms with Gasteiger partial charge in [-0.05, 0) is 48.2 Å². The molecular formula is C22H20F3N3O3. The van der Waals surface area contributed by atoms with Crippen molar-refractivity contribution in [2.24, 2.45) is 0 Å². The van der Waals surface area contributed by atoms with Crippen molar-refractivity contribution >= 4 is 28.9 Å². The maximum atomic E-state index is 13.0. The van der Waals surface area contributed by atoms with E-state index in [1.54, 1.807) is 24.1 Å². The fourth-order valence-corrected chi connectivity index (χ4v) is 3.60. The van der Waals surface area contributed by atoms with E-state index in [1.807, 2.05) is 6.07 Å². The van der Waals surface area contributed by atoms with Crippen LogP contribution in [0.1, 0.15) is 29.5 Å². The molecule has 0 aliphatic carbocycles. The van der Waals surface area contributed by atoms with Gasteiger partial charge in [0.1, 0.15) is 5.75 Å². The van der Waals surface area contributed by atoms with Gasteiger partial charge in [-0.25, -0.2) is 4.79 Å². The topological polar surface area (TPSA) is 70.7 Å². The molecule has 9 heteroatoms. The molecule has 4 rings (SSSR count). The first-order valence-corrected chi connectivity index (χ1v) is 9.72. The molecule has 0 atom stereocenters. The van der Waals surface area contributed by atoms with Gasteiger partial charge >= 0.3 is 12.2 Å². The standard InChI is InChI=1S/C22H20F3N3O3/c1-28-12-14-4-6-16(11-18(14)27-21(28)30)26-20(29)9-13-3-2-8-31-19-10-15(22(23,24)25)5-7-17(13)19/h4-7,9-11H,2-3,8,12H2,1H3,(H,26,29)(H,27,30). The zero-order valence-corrected chi connectivity index (χ0v) is 16.7. The Morgan fingerprint density at radius 2 is 2.03 bits per heavy atom. The van der Waals surface area contributed by atoms with Crippen LogP contribution in [-0.2, 0) is 17.5 Å². The van der Waals surface area contributed by atoms with Crippen LogP contribution < -0.4 is 15.4 Å². The zero-order chi connectivity index (χ0) is 22.2. The van der Waals surface area contributed by atoms with Crippen molar-refractivity contribution in [2.45, 2.75) is 25.6 Å². The molecule has 0 spiro atoms. The Kier molecular flexibility index (Phi) is 5.34. The van der Waals surface area contributed by atoms with Crippen LogP contribution in [0.2, 0.25) is 0 Å². The Morgan fingerprint density at radius 1 is 1.23 bits per heavy atom. The van der Waals surface area contributed by atoms with Crippen LogP contribution in [-0.4, -0.2) is 30.5 Å². The van der Waals surface area contributed by atoms with Crippen molar-refractivity contribution in [3.63, 3.8) is 0 Å². The fraction of sp³-hybridized carbons (Fsp3) is 0.273. The largest absolute Gasteiger partial charge is 0.493 e. The van der Waals surface area contributed by atoms with E-state index in [0.717, 1.165) is 17.7 Å². The molecule has 2 aromatic carbocycles. The average Bonchev–Trinajstić information content (AvgIpc) is 2.90. The van der Waals surface area contributed by atoms with Gasteiger partial charge in [-0.2, -0.15) is 13.2 Å². The molecule has 0 saturated heterocycles. The number of urea groups is 1. The fourth-order valence-electron chi connectivity index (χ4n) is 3.60. The molecule has 0 saturated carbocycles. The summed E-state index contributed by atoms with van der Waals surface area (Å²) in [4.78, 5) is 26.0. The van der Waals surface area contributed by atoms with E-state index >= 15 is 0 Å². The lowest BCUT2D eigenvalue weighted by Gasteiger charge is -2.26. The minimum atomic E-state index is -4.47. The highest BCUT2D eigenvalue weighted by atomic mass is 19.4. The summed E-state index contributed by atoms with van der Waals surface area (Å²) in [5, 5.41) is 5.51. The number of allylic oxidation sites excluding steroid dienone is 1. The SMILES string of the molecule is CN1Cc2ccc(NC(=O)C=C3CCCOc4cc(C(F)(F)F)ccc43)cc2NC1=O. The summed E-state index contributed by atoms with van der Waals surface area (Å²) in [6.45, 7) is 0.738. The van der Waals surface area contributed by atoms with Gasteiger partial charge in [0.2, 0.25) is 5.91 Å². The number of nitrogens with zero attached hydrogens (tertiary/aromatic N) is 1. The van der Waals surface area contributed by atoms with Gasteiger partial charge < -0.3 is 20.3 Å². The number of ether oxygens (including phenoxy) is 1. The Labute approximate surface area is 176 Å². The van der Waals surface area contributed by atoms with Crippen molar-refractivity contribution in [1.82, 2.24) is 4.90 Å². The Morgan fingerprint density at radius 3 is 2.81 bits per heavy atom. The van der Waals surface area contributed by atoms with E-state index in [1.165, 1.54) is 12.1 Å². The predicted octanol–water partition coefficient (Wildman–Crippen LogP) is 4.88. The van der Waals surface area contributed by atoms with Gasteiger partial charge in [0.25, 0.3) is 0 Å². The number of hydrogen-bond acceptors (Lipinski definition) is 3. The number of rotatable bonds is 2. The van der Waals surface area contributed by atoms with Crippen molar-refractivity contribution in [3.8, 4) is 5.75 Å². The first kappa shape index (κ1) is 20.8. The molecule has 2 aliphatic rings. The number of carbonyl (C=O) groups is 2. The summed E-state index contributed by atoms with van der Waals surface area (Å²) >= 11 is 0. The van der Waals surface area contributed by atoms with Gasteiger partial charge in [-0.1, -0.05) is 12.1 Å². The molecule has 0 aromatic heterocycles. The average molecular weight is 431 g/mol. The molecule has 162 valence electrons. The number of hydrogen-bond donors (Lipinski definition) is 2. The minimum Gasteiger partial charge on any atom is -0.493 e. The van der Waals surface area contributed by atoms with E-state index in [9.17, 15) is 22.8 Å². The molecular weight excluding hydrogens is 411 g/mol. The van der Waals surface area contributed by atoms with Crippen molar-refractivity contribution < 1.29 is 27.5 Å². The van der Waals surface area contributed by atoms with Crippen LogP contribution in [0.4, 0.5) is 29.3 Å². The highest BCUT2D eigenvalue weighted by Crippen LogP contribution is 2.38. The molecule has 2 heterocycles. The van der Waals surface area contributed by atoms with E-state index in [4.69, 9.17) is 4.74 Å². The molecule has 2 N–H and O–H groups in total. The normalized spacial score (nSPS) is 17.2. The number of benzene rings is 2. The van der Waals surface area contributed by atoms with E-state index in [2.05, 4.69) is 10.6 Å². The summed E-state index contributed by atoms with van der Waals surface area (Å²) in [7, 11) is 1.69. The molecule has 3 amide bonds. The third-order valence-electron chi connectivity index (χ3n) is 5.18. The van der Waals surface area contributed by atoms with Gasteiger partial charge in [0.05, 0.1) is 12.2 Å². The minimum absolute atomic E-state index is 0.118.